The van der Waals surface area contributed by atoms with E-state index in [9.17, 15) is 8.42 Å². The van der Waals surface area contributed by atoms with E-state index < -0.39 is 10.0 Å². The fraction of sp³-hybridized carbons (Fsp3) is 0.800. The number of halogens is 1. The summed E-state index contributed by atoms with van der Waals surface area (Å²) < 4.78 is 29.5. The lowest BCUT2D eigenvalue weighted by atomic mass is 9.65. The van der Waals surface area contributed by atoms with E-state index in [1.54, 1.807) is 18.3 Å². The third-order valence-electron chi connectivity index (χ3n) is 5.03. The Labute approximate surface area is 137 Å². The molecule has 2 aliphatic rings. The van der Waals surface area contributed by atoms with Crippen LogP contribution in [0.4, 0.5) is 0 Å². The first-order valence-electron chi connectivity index (χ1n) is 7.66. The van der Waals surface area contributed by atoms with Gasteiger partial charge in [-0.05, 0) is 37.0 Å². The molecule has 124 valence electrons. The smallest absolute Gasteiger partial charge is 0.248 e. The molecule has 1 saturated carbocycles. The summed E-state index contributed by atoms with van der Waals surface area (Å²) in [6, 6.07) is 0.0643. The normalized spacial score (nSPS) is 31.6. The van der Waals surface area contributed by atoms with Crippen LogP contribution >= 0.6 is 11.6 Å². The minimum atomic E-state index is -3.60. The van der Waals surface area contributed by atoms with E-state index in [1.807, 2.05) is 0 Å². The van der Waals surface area contributed by atoms with E-state index in [0.717, 1.165) is 19.3 Å². The molecule has 0 amide bonds. The minimum absolute atomic E-state index is 0.0576. The van der Waals surface area contributed by atoms with E-state index in [4.69, 9.17) is 11.6 Å². The molecule has 22 heavy (non-hydrogen) atoms. The summed E-state index contributed by atoms with van der Waals surface area (Å²) in [5.74, 6) is 0. The van der Waals surface area contributed by atoms with Crippen LogP contribution in [-0.4, -0.2) is 35.1 Å². The van der Waals surface area contributed by atoms with Crippen molar-refractivity contribution in [3.8, 4) is 0 Å². The fourth-order valence-electron chi connectivity index (χ4n) is 4.71. The monoisotopic (exact) mass is 345 g/mol. The van der Waals surface area contributed by atoms with Crippen molar-refractivity contribution in [2.75, 3.05) is 6.54 Å². The van der Waals surface area contributed by atoms with E-state index in [0.29, 0.717) is 12.2 Å². The molecule has 2 unspecified atom stereocenters. The summed E-state index contributed by atoms with van der Waals surface area (Å²) in [6.45, 7) is 8.94. The van der Waals surface area contributed by atoms with Crippen LogP contribution in [0.1, 0.15) is 45.7 Å². The van der Waals surface area contributed by atoms with Gasteiger partial charge in [-0.2, -0.15) is 9.40 Å². The second-order valence-electron chi connectivity index (χ2n) is 8.09. The highest BCUT2D eigenvalue weighted by Crippen LogP contribution is 2.54. The van der Waals surface area contributed by atoms with Crippen molar-refractivity contribution in [1.29, 1.82) is 0 Å². The fourth-order valence-corrected chi connectivity index (χ4v) is 7.19. The van der Waals surface area contributed by atoms with Crippen LogP contribution in [-0.2, 0) is 17.1 Å². The van der Waals surface area contributed by atoms with Gasteiger partial charge in [-0.1, -0.05) is 32.4 Å². The molecule has 1 aromatic heterocycles. The van der Waals surface area contributed by atoms with Gasteiger partial charge in [-0.15, -0.1) is 0 Å². The van der Waals surface area contributed by atoms with E-state index in [-0.39, 0.29) is 26.9 Å². The third-order valence-corrected chi connectivity index (χ3v) is 7.63. The molecule has 0 spiro atoms. The quantitative estimate of drug-likeness (QED) is 0.828. The number of hydrogen-bond donors (Lipinski definition) is 0. The standard InChI is InChI=1S/C15H24ClN3O2S/c1-10-12(13(16)18(5)17-10)22(20,21)19-9-15(4)7-11(19)6-14(2,3)8-15/h11H,6-9H2,1-5H3. The Kier molecular flexibility index (Phi) is 3.48. The summed E-state index contributed by atoms with van der Waals surface area (Å²) in [7, 11) is -1.94. The number of aryl methyl sites for hydroxylation is 2. The minimum Gasteiger partial charge on any atom is -0.255 e. The largest absolute Gasteiger partial charge is 0.255 e. The van der Waals surface area contributed by atoms with Crippen molar-refractivity contribution >= 4 is 21.6 Å². The molecule has 0 radical (unpaired) electrons. The van der Waals surface area contributed by atoms with Gasteiger partial charge in [0, 0.05) is 19.6 Å². The average Bonchev–Trinajstić information content (AvgIpc) is 2.72. The molecule has 5 nitrogen and oxygen atoms in total. The number of rotatable bonds is 2. The van der Waals surface area contributed by atoms with Gasteiger partial charge in [0.1, 0.15) is 10.0 Å². The maximum absolute atomic E-state index is 13.2. The van der Waals surface area contributed by atoms with Gasteiger partial charge in [0.05, 0.1) is 5.69 Å². The Hall–Kier alpha value is -0.590. The lowest BCUT2D eigenvalue weighted by molar-refractivity contribution is 0.133. The van der Waals surface area contributed by atoms with Crippen molar-refractivity contribution in [3.63, 3.8) is 0 Å². The number of hydrogen-bond acceptors (Lipinski definition) is 3. The Balaban J connectivity index is 2.04. The third kappa shape index (κ3) is 2.39. The Morgan fingerprint density at radius 2 is 1.91 bits per heavy atom. The van der Waals surface area contributed by atoms with Crippen molar-refractivity contribution in [3.05, 3.63) is 10.8 Å². The molecule has 1 aromatic rings. The number of fused-ring (bicyclic) bond motifs is 2. The zero-order chi connectivity index (χ0) is 16.5. The van der Waals surface area contributed by atoms with Gasteiger partial charge in [-0.25, -0.2) is 8.42 Å². The predicted octanol–water partition coefficient (Wildman–Crippen LogP) is 2.97. The Morgan fingerprint density at radius 1 is 1.27 bits per heavy atom. The van der Waals surface area contributed by atoms with Crippen LogP contribution in [0, 0.1) is 17.8 Å². The van der Waals surface area contributed by atoms with Crippen molar-refractivity contribution in [2.24, 2.45) is 17.9 Å². The second-order valence-corrected chi connectivity index (χ2v) is 10.3. The summed E-state index contributed by atoms with van der Waals surface area (Å²) in [5, 5.41) is 4.36. The van der Waals surface area contributed by atoms with Crippen molar-refractivity contribution in [1.82, 2.24) is 14.1 Å². The molecule has 0 aromatic carbocycles. The molecular weight excluding hydrogens is 322 g/mol. The Bertz CT molecular complexity index is 725. The van der Waals surface area contributed by atoms with Crippen LogP contribution in [0.5, 0.6) is 0 Å². The topological polar surface area (TPSA) is 55.2 Å². The number of sulfonamides is 1. The first-order valence-corrected chi connectivity index (χ1v) is 9.48. The van der Waals surface area contributed by atoms with Crippen LogP contribution in [0.25, 0.3) is 0 Å². The molecule has 2 fully saturated rings. The first-order chi connectivity index (χ1) is 9.95. The molecule has 2 atom stereocenters. The molecule has 1 saturated heterocycles. The highest BCUT2D eigenvalue weighted by Gasteiger charge is 2.53. The maximum atomic E-state index is 13.2. The second kappa shape index (κ2) is 4.71. The van der Waals surface area contributed by atoms with Gasteiger partial charge in [0.25, 0.3) is 0 Å². The van der Waals surface area contributed by atoms with Crippen LogP contribution in [0.15, 0.2) is 4.90 Å². The molecule has 0 N–H and O–H groups in total. The van der Waals surface area contributed by atoms with E-state index in [1.165, 1.54) is 4.68 Å². The predicted molar refractivity (Wildman–Crippen MR) is 86.4 cm³/mol. The summed E-state index contributed by atoms with van der Waals surface area (Å²) >= 11 is 6.21. The van der Waals surface area contributed by atoms with E-state index in [2.05, 4.69) is 25.9 Å². The summed E-state index contributed by atoms with van der Waals surface area (Å²) in [6.07, 6.45) is 2.90. The first kappa shape index (κ1) is 16.3. The summed E-state index contributed by atoms with van der Waals surface area (Å²) in [5.41, 5.74) is 0.705. The maximum Gasteiger partial charge on any atom is 0.248 e. The van der Waals surface area contributed by atoms with Gasteiger partial charge < -0.3 is 0 Å². The van der Waals surface area contributed by atoms with Crippen LogP contribution < -0.4 is 0 Å². The highest BCUT2D eigenvalue weighted by molar-refractivity contribution is 7.89. The molecular formula is C15H24ClN3O2S. The number of aromatic nitrogens is 2. The zero-order valence-corrected chi connectivity index (χ0v) is 15.4. The van der Waals surface area contributed by atoms with Crippen LogP contribution in [0.3, 0.4) is 0 Å². The molecule has 2 bridgehead atoms. The molecule has 1 aliphatic heterocycles. The lowest BCUT2D eigenvalue weighted by Gasteiger charge is -2.39. The van der Waals surface area contributed by atoms with E-state index >= 15 is 0 Å². The average molecular weight is 346 g/mol. The van der Waals surface area contributed by atoms with Gasteiger partial charge >= 0.3 is 0 Å². The van der Waals surface area contributed by atoms with Gasteiger partial charge in [0.15, 0.2) is 0 Å². The molecule has 1 aliphatic carbocycles. The van der Waals surface area contributed by atoms with Crippen molar-refractivity contribution < 1.29 is 8.42 Å². The molecule has 2 heterocycles. The highest BCUT2D eigenvalue weighted by atomic mass is 35.5. The van der Waals surface area contributed by atoms with Gasteiger partial charge in [0.2, 0.25) is 10.0 Å². The van der Waals surface area contributed by atoms with Crippen molar-refractivity contribution in [2.45, 2.75) is 57.9 Å². The lowest BCUT2D eigenvalue weighted by Crippen LogP contribution is -2.37. The molecule has 3 rings (SSSR count). The Morgan fingerprint density at radius 3 is 2.45 bits per heavy atom. The number of nitrogens with zero attached hydrogens (tertiary/aromatic N) is 3. The molecule has 7 heteroatoms. The van der Waals surface area contributed by atoms with Crippen LogP contribution in [0.2, 0.25) is 5.15 Å². The SMILES string of the molecule is Cc1nn(C)c(Cl)c1S(=O)(=O)N1CC2(C)CC1CC(C)(C)C2. The van der Waals surface area contributed by atoms with Gasteiger partial charge in [-0.3, -0.25) is 4.68 Å². The zero-order valence-electron chi connectivity index (χ0n) is 13.9. The summed E-state index contributed by atoms with van der Waals surface area (Å²) in [4.78, 5) is 0.172.